The van der Waals surface area contributed by atoms with Crippen LogP contribution in [0, 0.1) is 5.82 Å². The first kappa shape index (κ1) is 19.8. The first-order chi connectivity index (χ1) is 12.9. The van der Waals surface area contributed by atoms with Gasteiger partial charge in [-0.2, -0.15) is 4.31 Å². The predicted octanol–water partition coefficient (Wildman–Crippen LogP) is 3.83. The number of nitrogens with zero attached hydrogens (tertiary/aromatic N) is 1. The van der Waals surface area contributed by atoms with Crippen molar-refractivity contribution in [3.8, 4) is 0 Å². The summed E-state index contributed by atoms with van der Waals surface area (Å²) in [7, 11) is -3.73. The SMILES string of the molecule is O=C(Cc1ccccc1F)Nc1ccc(Cl)c(S(=O)(=O)N2CCCCC2)c1. The van der Waals surface area contributed by atoms with Crippen molar-refractivity contribution in [1.29, 1.82) is 0 Å². The van der Waals surface area contributed by atoms with E-state index >= 15 is 0 Å². The number of halogens is 2. The third-order valence-corrected chi connectivity index (χ3v) is 6.84. The first-order valence-electron chi connectivity index (χ1n) is 8.71. The minimum atomic E-state index is -3.73. The number of anilines is 1. The van der Waals surface area contributed by atoms with Crippen LogP contribution >= 0.6 is 11.6 Å². The van der Waals surface area contributed by atoms with E-state index in [4.69, 9.17) is 11.6 Å². The highest BCUT2D eigenvalue weighted by atomic mass is 35.5. The quantitative estimate of drug-likeness (QED) is 0.814. The van der Waals surface area contributed by atoms with Gasteiger partial charge in [0, 0.05) is 18.8 Å². The molecular weight excluding hydrogens is 391 g/mol. The van der Waals surface area contributed by atoms with E-state index in [2.05, 4.69) is 5.32 Å². The summed E-state index contributed by atoms with van der Waals surface area (Å²) in [5.74, 6) is -0.902. The molecule has 0 atom stereocenters. The van der Waals surface area contributed by atoms with Gasteiger partial charge in [0.15, 0.2) is 0 Å². The van der Waals surface area contributed by atoms with E-state index in [1.54, 1.807) is 12.1 Å². The molecule has 0 aromatic heterocycles. The fourth-order valence-corrected chi connectivity index (χ4v) is 5.06. The summed E-state index contributed by atoms with van der Waals surface area (Å²) in [4.78, 5) is 12.2. The van der Waals surface area contributed by atoms with E-state index in [1.807, 2.05) is 0 Å². The van der Waals surface area contributed by atoms with Crippen LogP contribution in [0.15, 0.2) is 47.4 Å². The van der Waals surface area contributed by atoms with Crippen LogP contribution in [0.3, 0.4) is 0 Å². The van der Waals surface area contributed by atoms with Crippen molar-refractivity contribution in [1.82, 2.24) is 4.31 Å². The molecule has 0 radical (unpaired) electrons. The maximum Gasteiger partial charge on any atom is 0.244 e. The Hall–Kier alpha value is -1.96. The second-order valence-electron chi connectivity index (χ2n) is 6.43. The lowest BCUT2D eigenvalue weighted by atomic mass is 10.1. The van der Waals surface area contributed by atoms with Crippen molar-refractivity contribution < 1.29 is 17.6 Å². The van der Waals surface area contributed by atoms with Crippen molar-refractivity contribution in [3.05, 3.63) is 58.9 Å². The van der Waals surface area contributed by atoms with Gasteiger partial charge in [-0.3, -0.25) is 4.79 Å². The molecule has 1 aliphatic rings. The minimum absolute atomic E-state index is 0.0326. The molecule has 0 saturated carbocycles. The van der Waals surface area contributed by atoms with Crippen molar-refractivity contribution in [2.45, 2.75) is 30.6 Å². The van der Waals surface area contributed by atoms with Gasteiger partial charge in [-0.15, -0.1) is 0 Å². The molecule has 1 saturated heterocycles. The molecule has 5 nitrogen and oxygen atoms in total. The van der Waals surface area contributed by atoms with E-state index in [9.17, 15) is 17.6 Å². The molecule has 3 rings (SSSR count). The first-order valence-corrected chi connectivity index (χ1v) is 10.5. The number of carbonyl (C=O) groups excluding carboxylic acids is 1. The van der Waals surface area contributed by atoms with Crippen LogP contribution in [0.2, 0.25) is 5.02 Å². The van der Waals surface area contributed by atoms with Crippen LogP contribution in [0.4, 0.5) is 10.1 Å². The molecular formula is C19H20ClFN2O3S. The number of amides is 1. The van der Waals surface area contributed by atoms with E-state index in [0.29, 0.717) is 18.8 Å². The van der Waals surface area contributed by atoms with E-state index in [1.165, 1.54) is 34.6 Å². The number of piperidine rings is 1. The predicted molar refractivity (Wildman–Crippen MR) is 103 cm³/mol. The molecule has 1 N–H and O–H groups in total. The van der Waals surface area contributed by atoms with Crippen LogP contribution < -0.4 is 5.32 Å². The second-order valence-corrected chi connectivity index (χ2v) is 8.74. The van der Waals surface area contributed by atoms with Crippen LogP contribution in [-0.2, 0) is 21.2 Å². The molecule has 0 unspecified atom stereocenters. The summed E-state index contributed by atoms with van der Waals surface area (Å²) in [6.07, 6.45) is 2.49. The minimum Gasteiger partial charge on any atom is -0.326 e. The summed E-state index contributed by atoms with van der Waals surface area (Å²) in [6, 6.07) is 10.3. The average molecular weight is 411 g/mol. The smallest absolute Gasteiger partial charge is 0.244 e. The number of sulfonamides is 1. The molecule has 0 aliphatic carbocycles. The van der Waals surface area contributed by atoms with Crippen LogP contribution in [0.25, 0.3) is 0 Å². The number of carbonyl (C=O) groups is 1. The van der Waals surface area contributed by atoms with Gasteiger partial charge >= 0.3 is 0 Å². The van der Waals surface area contributed by atoms with E-state index < -0.39 is 21.7 Å². The van der Waals surface area contributed by atoms with Crippen LogP contribution in [0.1, 0.15) is 24.8 Å². The third kappa shape index (κ3) is 4.66. The monoisotopic (exact) mass is 410 g/mol. The molecule has 27 heavy (non-hydrogen) atoms. The van der Waals surface area contributed by atoms with Gasteiger partial charge in [-0.25, -0.2) is 12.8 Å². The molecule has 0 bridgehead atoms. The number of rotatable bonds is 5. The Morgan fingerprint density at radius 1 is 1.11 bits per heavy atom. The molecule has 144 valence electrons. The Morgan fingerprint density at radius 2 is 1.81 bits per heavy atom. The van der Waals surface area contributed by atoms with Gasteiger partial charge < -0.3 is 5.32 Å². The van der Waals surface area contributed by atoms with Crippen LogP contribution in [0.5, 0.6) is 0 Å². The number of benzene rings is 2. The van der Waals surface area contributed by atoms with Crippen molar-refractivity contribution in [2.24, 2.45) is 0 Å². The Bertz CT molecular complexity index is 944. The largest absolute Gasteiger partial charge is 0.326 e. The van der Waals surface area contributed by atoms with Crippen molar-refractivity contribution in [3.63, 3.8) is 0 Å². The van der Waals surface area contributed by atoms with Gasteiger partial charge in [0.2, 0.25) is 15.9 Å². The standard InChI is InChI=1S/C19H20ClFN2O3S/c20-16-9-8-15(22-19(24)12-14-6-2-3-7-17(14)21)13-18(16)27(25,26)23-10-4-1-5-11-23/h2-3,6-9,13H,1,4-5,10-12H2,(H,22,24). The normalized spacial score (nSPS) is 15.5. The fourth-order valence-electron chi connectivity index (χ4n) is 3.04. The van der Waals surface area contributed by atoms with Gasteiger partial charge in [0.1, 0.15) is 10.7 Å². The summed E-state index contributed by atoms with van der Waals surface area (Å²) in [5, 5.41) is 2.72. The number of hydrogen-bond donors (Lipinski definition) is 1. The maximum absolute atomic E-state index is 13.7. The zero-order chi connectivity index (χ0) is 19.4. The molecule has 1 fully saturated rings. The Labute approximate surface area is 163 Å². The van der Waals surface area contributed by atoms with E-state index in [0.717, 1.165) is 19.3 Å². The van der Waals surface area contributed by atoms with E-state index in [-0.39, 0.29) is 21.9 Å². The van der Waals surface area contributed by atoms with Crippen molar-refractivity contribution >= 4 is 33.2 Å². The lowest BCUT2D eigenvalue weighted by Crippen LogP contribution is -2.35. The van der Waals surface area contributed by atoms with Gasteiger partial charge in [-0.1, -0.05) is 36.2 Å². The summed E-state index contributed by atoms with van der Waals surface area (Å²) < 4.78 is 40.8. The number of hydrogen-bond acceptors (Lipinski definition) is 3. The van der Waals surface area contributed by atoms with Crippen molar-refractivity contribution in [2.75, 3.05) is 18.4 Å². The molecule has 2 aromatic carbocycles. The lowest BCUT2D eigenvalue weighted by molar-refractivity contribution is -0.115. The topological polar surface area (TPSA) is 66.5 Å². The molecule has 1 aliphatic heterocycles. The molecule has 0 spiro atoms. The average Bonchev–Trinajstić information content (AvgIpc) is 2.66. The second kappa shape index (κ2) is 8.37. The van der Waals surface area contributed by atoms with Gasteiger partial charge in [-0.05, 0) is 42.7 Å². The molecule has 1 amide bonds. The van der Waals surface area contributed by atoms with Crippen LogP contribution in [-0.4, -0.2) is 31.7 Å². The van der Waals surface area contributed by atoms with Gasteiger partial charge in [0.25, 0.3) is 0 Å². The Morgan fingerprint density at radius 3 is 2.52 bits per heavy atom. The zero-order valence-electron chi connectivity index (χ0n) is 14.6. The van der Waals surface area contributed by atoms with Gasteiger partial charge in [0.05, 0.1) is 11.4 Å². The highest BCUT2D eigenvalue weighted by molar-refractivity contribution is 7.89. The lowest BCUT2D eigenvalue weighted by Gasteiger charge is -2.26. The third-order valence-electron chi connectivity index (χ3n) is 4.46. The summed E-state index contributed by atoms with van der Waals surface area (Å²) in [5.41, 5.74) is 0.571. The maximum atomic E-state index is 13.7. The number of nitrogens with one attached hydrogen (secondary N) is 1. The summed E-state index contributed by atoms with van der Waals surface area (Å²) >= 11 is 6.12. The molecule has 1 heterocycles. The summed E-state index contributed by atoms with van der Waals surface area (Å²) in [6.45, 7) is 0.922. The highest BCUT2D eigenvalue weighted by Gasteiger charge is 2.28. The highest BCUT2D eigenvalue weighted by Crippen LogP contribution is 2.29. The molecule has 8 heteroatoms. The zero-order valence-corrected chi connectivity index (χ0v) is 16.2. The fraction of sp³-hybridized carbons (Fsp3) is 0.316. The molecule has 2 aromatic rings. The Balaban J connectivity index is 1.79. The Kier molecular flexibility index (Phi) is 6.14.